The predicted molar refractivity (Wildman–Crippen MR) is 80.6 cm³/mol. The molecular formula is C15H18F3N3O3. The topological polar surface area (TPSA) is 70.7 Å². The van der Waals surface area contributed by atoms with Crippen LogP contribution in [0.5, 0.6) is 5.75 Å². The van der Waals surface area contributed by atoms with Crippen LogP contribution in [0.3, 0.4) is 0 Å². The maximum absolute atomic E-state index is 12.3. The van der Waals surface area contributed by atoms with Crippen molar-refractivity contribution in [2.75, 3.05) is 25.0 Å². The van der Waals surface area contributed by atoms with Crippen molar-refractivity contribution in [3.05, 3.63) is 24.3 Å². The Bertz CT molecular complexity index is 607. The summed E-state index contributed by atoms with van der Waals surface area (Å²) in [6, 6.07) is 4.54. The van der Waals surface area contributed by atoms with Crippen LogP contribution in [0.2, 0.25) is 0 Å². The summed E-state index contributed by atoms with van der Waals surface area (Å²) in [5.41, 5.74) is 0.300. The third-order valence-electron chi connectivity index (χ3n) is 3.51. The molecule has 0 spiro atoms. The van der Waals surface area contributed by atoms with Gasteiger partial charge in [0.15, 0.2) is 0 Å². The standard InChI is InChI=1S/C15H18F3N3O3/c1-19-7-5-13(22)20-12-6-8-21(14(12)23)10-3-2-4-11(9-10)24-15(16,17)18/h2-4,9,12,19H,5-8H2,1H3,(H,20,22). The van der Waals surface area contributed by atoms with Crippen molar-refractivity contribution in [1.29, 1.82) is 0 Å². The second kappa shape index (κ2) is 7.52. The van der Waals surface area contributed by atoms with Gasteiger partial charge in [0.1, 0.15) is 11.8 Å². The Morgan fingerprint density at radius 3 is 2.83 bits per heavy atom. The summed E-state index contributed by atoms with van der Waals surface area (Å²) in [5.74, 6) is -0.995. The van der Waals surface area contributed by atoms with Crippen molar-refractivity contribution in [3.63, 3.8) is 0 Å². The Morgan fingerprint density at radius 1 is 1.42 bits per heavy atom. The molecule has 2 N–H and O–H groups in total. The second-order valence-electron chi connectivity index (χ2n) is 5.30. The zero-order chi connectivity index (χ0) is 17.7. The van der Waals surface area contributed by atoms with Crippen LogP contribution >= 0.6 is 0 Å². The molecule has 1 aliphatic rings. The van der Waals surface area contributed by atoms with Gasteiger partial charge in [0.25, 0.3) is 0 Å². The molecule has 1 atom stereocenters. The normalized spacial score (nSPS) is 17.9. The minimum Gasteiger partial charge on any atom is -0.406 e. The first kappa shape index (κ1) is 18.1. The van der Waals surface area contributed by atoms with E-state index in [0.29, 0.717) is 25.2 Å². The van der Waals surface area contributed by atoms with Crippen molar-refractivity contribution in [2.45, 2.75) is 25.2 Å². The number of hydrogen-bond acceptors (Lipinski definition) is 4. The van der Waals surface area contributed by atoms with E-state index < -0.39 is 18.2 Å². The van der Waals surface area contributed by atoms with Crippen LogP contribution in [0.15, 0.2) is 24.3 Å². The van der Waals surface area contributed by atoms with Crippen molar-refractivity contribution >= 4 is 17.5 Å². The number of rotatable bonds is 6. The number of alkyl halides is 3. The number of ether oxygens (including phenoxy) is 1. The number of benzene rings is 1. The highest BCUT2D eigenvalue weighted by molar-refractivity contribution is 6.01. The van der Waals surface area contributed by atoms with Gasteiger partial charge < -0.3 is 20.3 Å². The molecule has 0 bridgehead atoms. The first-order chi connectivity index (χ1) is 11.3. The zero-order valence-corrected chi connectivity index (χ0v) is 13.0. The largest absolute Gasteiger partial charge is 0.573 e. The summed E-state index contributed by atoms with van der Waals surface area (Å²) in [4.78, 5) is 25.4. The molecule has 24 heavy (non-hydrogen) atoms. The average Bonchev–Trinajstić information content (AvgIpc) is 2.85. The van der Waals surface area contributed by atoms with Crippen molar-refractivity contribution in [2.24, 2.45) is 0 Å². The Morgan fingerprint density at radius 2 is 2.17 bits per heavy atom. The molecule has 1 aromatic carbocycles. The van der Waals surface area contributed by atoms with E-state index in [0.717, 1.165) is 12.1 Å². The maximum Gasteiger partial charge on any atom is 0.573 e. The molecule has 1 aliphatic heterocycles. The SMILES string of the molecule is CNCCC(=O)NC1CCN(c2cccc(OC(F)(F)F)c2)C1=O. The molecule has 2 rings (SSSR count). The highest BCUT2D eigenvalue weighted by Gasteiger charge is 2.34. The van der Waals surface area contributed by atoms with Gasteiger partial charge in [-0.15, -0.1) is 13.2 Å². The molecule has 132 valence electrons. The summed E-state index contributed by atoms with van der Waals surface area (Å²) in [6.07, 6.45) is -4.15. The zero-order valence-electron chi connectivity index (χ0n) is 13.0. The molecule has 1 unspecified atom stereocenters. The number of nitrogens with one attached hydrogen (secondary N) is 2. The third kappa shape index (κ3) is 4.85. The van der Waals surface area contributed by atoms with E-state index in [2.05, 4.69) is 15.4 Å². The average molecular weight is 345 g/mol. The minimum atomic E-state index is -4.79. The van der Waals surface area contributed by atoms with E-state index in [-0.39, 0.29) is 18.2 Å². The van der Waals surface area contributed by atoms with E-state index >= 15 is 0 Å². The molecule has 0 aromatic heterocycles. The summed E-state index contributed by atoms with van der Waals surface area (Å²) >= 11 is 0. The highest BCUT2D eigenvalue weighted by Crippen LogP contribution is 2.29. The van der Waals surface area contributed by atoms with Gasteiger partial charge in [-0.3, -0.25) is 9.59 Å². The molecule has 9 heteroatoms. The lowest BCUT2D eigenvalue weighted by Crippen LogP contribution is -2.42. The van der Waals surface area contributed by atoms with Gasteiger partial charge in [-0.2, -0.15) is 0 Å². The fourth-order valence-electron chi connectivity index (χ4n) is 2.42. The highest BCUT2D eigenvalue weighted by atomic mass is 19.4. The van der Waals surface area contributed by atoms with Crippen molar-refractivity contribution < 1.29 is 27.5 Å². The molecule has 1 saturated heterocycles. The van der Waals surface area contributed by atoms with Gasteiger partial charge >= 0.3 is 6.36 Å². The van der Waals surface area contributed by atoms with E-state index in [1.165, 1.54) is 17.0 Å². The molecule has 1 fully saturated rings. The summed E-state index contributed by atoms with van der Waals surface area (Å²) in [7, 11) is 1.71. The summed E-state index contributed by atoms with van der Waals surface area (Å²) in [6.45, 7) is 0.804. The van der Waals surface area contributed by atoms with Crippen LogP contribution in [0.4, 0.5) is 18.9 Å². The number of halogens is 3. The molecule has 1 aromatic rings. The Labute approximate surface area is 137 Å². The lowest BCUT2D eigenvalue weighted by atomic mass is 10.2. The molecule has 0 radical (unpaired) electrons. The lowest BCUT2D eigenvalue weighted by Gasteiger charge is -2.18. The third-order valence-corrected chi connectivity index (χ3v) is 3.51. The molecule has 0 saturated carbocycles. The second-order valence-corrected chi connectivity index (χ2v) is 5.30. The molecule has 6 nitrogen and oxygen atoms in total. The fourth-order valence-corrected chi connectivity index (χ4v) is 2.42. The Hall–Kier alpha value is -2.29. The van der Waals surface area contributed by atoms with Crippen molar-refractivity contribution in [1.82, 2.24) is 10.6 Å². The lowest BCUT2D eigenvalue weighted by molar-refractivity contribution is -0.274. The van der Waals surface area contributed by atoms with Gasteiger partial charge in [-0.1, -0.05) is 6.07 Å². The summed E-state index contributed by atoms with van der Waals surface area (Å²) in [5, 5.41) is 5.47. The van der Waals surface area contributed by atoms with Crippen LogP contribution in [-0.4, -0.2) is 44.4 Å². The number of carbonyl (C=O) groups is 2. The summed E-state index contributed by atoms with van der Waals surface area (Å²) < 4.78 is 40.7. The van der Waals surface area contributed by atoms with Gasteiger partial charge in [-0.05, 0) is 25.6 Å². The van der Waals surface area contributed by atoms with E-state index in [1.807, 2.05) is 0 Å². The quantitative estimate of drug-likeness (QED) is 0.818. The number of anilines is 1. The minimum absolute atomic E-state index is 0.245. The van der Waals surface area contributed by atoms with Crippen molar-refractivity contribution in [3.8, 4) is 5.75 Å². The van der Waals surface area contributed by atoms with Crippen LogP contribution in [0, 0.1) is 0 Å². The van der Waals surface area contributed by atoms with Gasteiger partial charge in [0, 0.05) is 31.3 Å². The molecule has 1 heterocycles. The van der Waals surface area contributed by atoms with Crippen LogP contribution in [0.1, 0.15) is 12.8 Å². The number of carbonyl (C=O) groups excluding carboxylic acids is 2. The van der Waals surface area contributed by atoms with Gasteiger partial charge in [0.05, 0.1) is 0 Å². The monoisotopic (exact) mass is 345 g/mol. The molecule has 2 amide bonds. The van der Waals surface area contributed by atoms with Gasteiger partial charge in [-0.25, -0.2) is 0 Å². The van der Waals surface area contributed by atoms with Crippen LogP contribution < -0.4 is 20.3 Å². The fraction of sp³-hybridized carbons (Fsp3) is 0.467. The van der Waals surface area contributed by atoms with Crippen LogP contribution in [-0.2, 0) is 9.59 Å². The number of amides is 2. The molecule has 0 aliphatic carbocycles. The number of nitrogens with zero attached hydrogens (tertiary/aromatic N) is 1. The van der Waals surface area contributed by atoms with E-state index in [1.54, 1.807) is 7.05 Å². The first-order valence-corrected chi connectivity index (χ1v) is 7.41. The van der Waals surface area contributed by atoms with E-state index in [4.69, 9.17) is 0 Å². The maximum atomic E-state index is 12.3. The first-order valence-electron chi connectivity index (χ1n) is 7.41. The Kier molecular flexibility index (Phi) is 5.66. The van der Waals surface area contributed by atoms with Gasteiger partial charge in [0.2, 0.25) is 11.8 Å². The number of hydrogen-bond donors (Lipinski definition) is 2. The molecular weight excluding hydrogens is 327 g/mol. The predicted octanol–water partition coefficient (Wildman–Crippen LogP) is 1.42. The van der Waals surface area contributed by atoms with Crippen LogP contribution in [0.25, 0.3) is 0 Å². The Balaban J connectivity index is 2.02. The smallest absolute Gasteiger partial charge is 0.406 e. The van der Waals surface area contributed by atoms with E-state index in [9.17, 15) is 22.8 Å².